The summed E-state index contributed by atoms with van der Waals surface area (Å²) < 4.78 is 5.96. The van der Waals surface area contributed by atoms with Crippen LogP contribution in [0.25, 0.3) is 0 Å². The third-order valence-electron chi connectivity index (χ3n) is 8.20. The highest BCUT2D eigenvalue weighted by atomic mass is 32.1. The summed E-state index contributed by atoms with van der Waals surface area (Å²) in [5.74, 6) is 0.984. The van der Waals surface area contributed by atoms with Crippen LogP contribution in [-0.4, -0.2) is 78.5 Å². The molecule has 0 spiro atoms. The Labute approximate surface area is 267 Å². The zero-order chi connectivity index (χ0) is 31.1. The van der Waals surface area contributed by atoms with Crippen LogP contribution in [-0.2, 0) is 29.0 Å². The van der Waals surface area contributed by atoms with Gasteiger partial charge in [-0.3, -0.25) is 14.5 Å². The smallest absolute Gasteiger partial charge is 0.242 e. The van der Waals surface area contributed by atoms with Crippen molar-refractivity contribution in [3.05, 3.63) is 82.3 Å². The summed E-state index contributed by atoms with van der Waals surface area (Å²) in [5, 5.41) is 8.24. The summed E-state index contributed by atoms with van der Waals surface area (Å²) in [6.45, 7) is 9.20. The van der Waals surface area contributed by atoms with Crippen LogP contribution in [0.1, 0.15) is 56.4 Å². The van der Waals surface area contributed by atoms with Gasteiger partial charge in [0.1, 0.15) is 18.4 Å². The Balaban J connectivity index is 1.43. The minimum atomic E-state index is -0.698. The van der Waals surface area contributed by atoms with Crippen LogP contribution in [0.15, 0.2) is 65.5 Å². The van der Waals surface area contributed by atoms with Crippen molar-refractivity contribution in [3.63, 3.8) is 0 Å². The van der Waals surface area contributed by atoms with E-state index >= 15 is 0 Å². The Bertz CT molecular complexity index is 1250. The van der Waals surface area contributed by atoms with Crippen LogP contribution in [0, 0.1) is 5.92 Å². The van der Waals surface area contributed by atoms with Crippen molar-refractivity contribution in [2.75, 3.05) is 39.8 Å². The number of likely N-dealkylation sites (N-methyl/N-ethyl adjacent to an activating group) is 1. The fraction of sp³-hybridized carbons (Fsp3) is 0.514. The van der Waals surface area contributed by atoms with E-state index in [-0.39, 0.29) is 11.8 Å². The maximum absolute atomic E-state index is 13.9. The quantitative estimate of drug-likeness (QED) is 0.223. The molecular weight excluding hydrogens is 570 g/mol. The number of ether oxygens (including phenoxy) is 1. The van der Waals surface area contributed by atoms with E-state index < -0.39 is 12.1 Å². The molecule has 9 heteroatoms. The highest BCUT2D eigenvalue weighted by molar-refractivity contribution is 7.07. The Hall–Kier alpha value is -3.27. The van der Waals surface area contributed by atoms with Gasteiger partial charge in [-0.05, 0) is 75.1 Å². The molecule has 1 aromatic heterocycles. The number of likely N-dealkylation sites (tertiary alicyclic amines) is 1. The van der Waals surface area contributed by atoms with Crippen LogP contribution >= 0.6 is 11.3 Å². The maximum Gasteiger partial charge on any atom is 0.242 e. The van der Waals surface area contributed by atoms with E-state index in [1.807, 2.05) is 67.0 Å². The van der Waals surface area contributed by atoms with E-state index in [2.05, 4.69) is 39.3 Å². The molecule has 1 aliphatic rings. The average molecular weight is 620 g/mol. The Morgan fingerprint density at radius 1 is 0.977 bits per heavy atom. The number of carbonyl (C=O) groups excluding carboxylic acids is 2. The summed E-state index contributed by atoms with van der Waals surface area (Å²) in [7, 11) is 1.99. The Morgan fingerprint density at radius 2 is 1.73 bits per heavy atom. The molecule has 0 bridgehead atoms. The van der Waals surface area contributed by atoms with E-state index in [9.17, 15) is 9.59 Å². The molecule has 0 saturated carbocycles. The summed E-state index contributed by atoms with van der Waals surface area (Å²) in [6.07, 6.45) is 5.57. The summed E-state index contributed by atoms with van der Waals surface area (Å²) in [6, 6.07) is 16.7. The Morgan fingerprint density at radius 3 is 2.41 bits per heavy atom. The number of amides is 2. The average Bonchev–Trinajstić information content (AvgIpc) is 3.56. The van der Waals surface area contributed by atoms with Gasteiger partial charge < -0.3 is 20.3 Å². The number of nitrogens with zero attached hydrogens (tertiary/aromatic N) is 3. The molecule has 2 heterocycles. The number of hydrogen-bond acceptors (Lipinski definition) is 7. The largest absolute Gasteiger partial charge is 0.489 e. The molecule has 1 aliphatic heterocycles. The Kier molecular flexibility index (Phi) is 13.7. The van der Waals surface area contributed by atoms with Gasteiger partial charge in [-0.25, -0.2) is 4.98 Å². The molecule has 8 nitrogen and oxygen atoms in total. The van der Waals surface area contributed by atoms with E-state index in [0.29, 0.717) is 31.9 Å². The highest BCUT2D eigenvalue weighted by Crippen LogP contribution is 2.17. The lowest BCUT2D eigenvalue weighted by molar-refractivity contribution is -0.131. The molecule has 2 aromatic carbocycles. The second-order valence-electron chi connectivity index (χ2n) is 12.2. The number of rotatable bonds is 17. The molecule has 2 amide bonds. The van der Waals surface area contributed by atoms with Gasteiger partial charge in [0.15, 0.2) is 0 Å². The molecule has 2 unspecified atom stereocenters. The standard InChI is InChI=1S/C35H49N5O3S/c1-27(2)16-20-39(3)33(23-30-25-44-26-37-30)35(42)38-32(34(41)36-17-21-40-18-8-5-9-19-40)22-28-12-14-31(15-13-28)43-24-29-10-6-4-7-11-29/h4,6-7,10-15,25-27,32-33H,5,8-9,16-24H2,1-3H3,(H,36,41)(H,38,42). The fourth-order valence-corrected chi connectivity index (χ4v) is 5.99. The zero-order valence-corrected chi connectivity index (χ0v) is 27.4. The number of benzene rings is 2. The van der Waals surface area contributed by atoms with Crippen molar-refractivity contribution in [3.8, 4) is 5.75 Å². The number of carbonyl (C=O) groups is 2. The summed E-state index contributed by atoms with van der Waals surface area (Å²) >= 11 is 1.53. The van der Waals surface area contributed by atoms with Crippen molar-refractivity contribution in [1.82, 2.24) is 25.4 Å². The molecule has 0 radical (unpaired) electrons. The third-order valence-corrected chi connectivity index (χ3v) is 8.84. The van der Waals surface area contributed by atoms with E-state index in [0.717, 1.165) is 55.2 Å². The lowest BCUT2D eigenvalue weighted by Gasteiger charge is -2.30. The third kappa shape index (κ3) is 11.3. The molecule has 2 atom stereocenters. The molecule has 3 aromatic rings. The fourth-order valence-electron chi connectivity index (χ4n) is 5.42. The maximum atomic E-state index is 13.9. The number of aromatic nitrogens is 1. The molecule has 0 aliphatic carbocycles. The first-order valence-electron chi connectivity index (χ1n) is 16.0. The summed E-state index contributed by atoms with van der Waals surface area (Å²) in [4.78, 5) is 36.4. The second kappa shape index (κ2) is 17.9. The van der Waals surface area contributed by atoms with Gasteiger partial charge in [0.2, 0.25) is 11.8 Å². The zero-order valence-electron chi connectivity index (χ0n) is 26.5. The van der Waals surface area contributed by atoms with Crippen LogP contribution in [0.5, 0.6) is 5.75 Å². The first-order chi connectivity index (χ1) is 21.4. The molecule has 238 valence electrons. The minimum Gasteiger partial charge on any atom is -0.489 e. The molecule has 1 saturated heterocycles. The number of thiazole rings is 1. The normalized spacial score (nSPS) is 15.2. The molecule has 4 rings (SSSR count). The number of nitrogens with one attached hydrogen (secondary N) is 2. The molecule has 2 N–H and O–H groups in total. The first kappa shape index (κ1) is 33.6. The van der Waals surface area contributed by atoms with Gasteiger partial charge in [0.05, 0.1) is 17.2 Å². The van der Waals surface area contributed by atoms with Gasteiger partial charge in [-0.2, -0.15) is 0 Å². The topological polar surface area (TPSA) is 86.8 Å². The lowest BCUT2D eigenvalue weighted by atomic mass is 10.0. The lowest BCUT2D eigenvalue weighted by Crippen LogP contribution is -2.55. The van der Waals surface area contributed by atoms with Gasteiger partial charge >= 0.3 is 0 Å². The first-order valence-corrected chi connectivity index (χ1v) is 16.9. The van der Waals surface area contributed by atoms with Crippen molar-refractivity contribution in [2.24, 2.45) is 5.92 Å². The van der Waals surface area contributed by atoms with Crippen molar-refractivity contribution in [2.45, 2.75) is 71.1 Å². The molecular formula is C35H49N5O3S. The van der Waals surface area contributed by atoms with Crippen LogP contribution in [0.3, 0.4) is 0 Å². The van der Waals surface area contributed by atoms with Gasteiger partial charge in [-0.15, -0.1) is 11.3 Å². The van der Waals surface area contributed by atoms with Crippen molar-refractivity contribution < 1.29 is 14.3 Å². The summed E-state index contributed by atoms with van der Waals surface area (Å²) in [5.41, 5.74) is 4.74. The monoisotopic (exact) mass is 619 g/mol. The molecule has 1 fully saturated rings. The highest BCUT2D eigenvalue weighted by Gasteiger charge is 2.29. The molecule has 44 heavy (non-hydrogen) atoms. The van der Waals surface area contributed by atoms with E-state index in [1.54, 1.807) is 5.51 Å². The number of piperidine rings is 1. The predicted octanol–water partition coefficient (Wildman–Crippen LogP) is 4.94. The SMILES string of the molecule is CC(C)CCN(C)C(Cc1cscn1)C(=O)NC(Cc1ccc(OCc2ccccc2)cc1)C(=O)NCCN1CCCCC1. The van der Waals surface area contributed by atoms with Crippen molar-refractivity contribution >= 4 is 23.2 Å². The van der Waals surface area contributed by atoms with E-state index in [1.165, 1.54) is 30.6 Å². The predicted molar refractivity (Wildman–Crippen MR) is 178 cm³/mol. The van der Waals surface area contributed by atoms with Crippen LogP contribution in [0.2, 0.25) is 0 Å². The van der Waals surface area contributed by atoms with Gasteiger partial charge in [0.25, 0.3) is 0 Å². The van der Waals surface area contributed by atoms with Crippen molar-refractivity contribution in [1.29, 1.82) is 0 Å². The minimum absolute atomic E-state index is 0.150. The van der Waals surface area contributed by atoms with Gasteiger partial charge in [0, 0.05) is 31.3 Å². The van der Waals surface area contributed by atoms with Gasteiger partial charge in [-0.1, -0.05) is 62.7 Å². The second-order valence-corrected chi connectivity index (χ2v) is 13.0. The van der Waals surface area contributed by atoms with E-state index in [4.69, 9.17) is 4.74 Å². The number of hydrogen-bond donors (Lipinski definition) is 2. The van der Waals surface area contributed by atoms with Crippen LogP contribution in [0.4, 0.5) is 0 Å². The van der Waals surface area contributed by atoms with Crippen LogP contribution < -0.4 is 15.4 Å².